The molecule has 0 fully saturated rings. The van der Waals surface area contributed by atoms with Crippen molar-refractivity contribution in [2.75, 3.05) is 0 Å². The summed E-state index contributed by atoms with van der Waals surface area (Å²) in [6, 6.07) is 49.6. The summed E-state index contributed by atoms with van der Waals surface area (Å²) < 4.78 is 176. The summed E-state index contributed by atoms with van der Waals surface area (Å²) in [6.45, 7) is 6.48. The summed E-state index contributed by atoms with van der Waals surface area (Å²) in [5.74, 6) is -4.72. The first-order chi connectivity index (χ1) is 52.6. The van der Waals surface area contributed by atoms with Crippen LogP contribution in [0.3, 0.4) is 0 Å². The van der Waals surface area contributed by atoms with E-state index in [4.69, 9.17) is 28.8 Å². The number of aromatic nitrogens is 5. The van der Waals surface area contributed by atoms with Gasteiger partial charge in [0, 0.05) is 115 Å². The normalized spacial score (nSPS) is 18.0. The molecule has 0 aliphatic heterocycles. The topological polar surface area (TPSA) is 19.4 Å². The summed E-state index contributed by atoms with van der Waals surface area (Å²) in [7, 11) is 9.58. The molecule has 5 nitrogen and oxygen atoms in total. The quantitative estimate of drug-likeness (QED) is 0.115. The van der Waals surface area contributed by atoms with E-state index in [1.54, 1.807) is 91.4 Å². The SMILES string of the molecule is Cc1ccccc1-c1c2c(cc[n+]1C)CCCC2.Cc1ccccc1-c1cc2c(c[n+]1C)CCCC2.[2H]C(C)(C)c1c[n+](C)c(-c2ccccc2C)cc1C([2H])(C)C([2H])([2H])[2H].[2H]C([2H])(C)c1cc(-c2ccccc2C)[n+](C)cc1C([2H])(C)C([2H])([2H])[2H].[2H]C([2H])([2H])C([2H])([2H])c1cc(-c2ccccc2C)[n+](C)cc1C([2H])([2H])C([2H])([2H])[2H]. The van der Waals surface area contributed by atoms with Crippen LogP contribution in [0, 0.1) is 34.6 Å². The van der Waals surface area contributed by atoms with E-state index in [-0.39, 0.29) is 11.1 Å². The number of benzene rings is 5. The summed E-state index contributed by atoms with van der Waals surface area (Å²) in [6.07, 6.45) is 11.8. The van der Waals surface area contributed by atoms with Crippen LogP contribution >= 0.6 is 0 Å². The first-order valence-electron chi connectivity index (χ1n) is 43.0. The molecule has 0 saturated heterocycles. The lowest BCUT2D eigenvalue weighted by atomic mass is 9.88. The van der Waals surface area contributed by atoms with Crippen LogP contribution in [-0.4, -0.2) is 0 Å². The Kier molecular flexibility index (Phi) is 16.7. The number of hydrogen-bond donors (Lipinski definition) is 0. The molecule has 12 rings (SSSR count). The van der Waals surface area contributed by atoms with Gasteiger partial charge >= 0.3 is 0 Å². The molecule has 2 unspecified atom stereocenters. The van der Waals surface area contributed by atoms with Crippen molar-refractivity contribution >= 4 is 0 Å². The highest BCUT2D eigenvalue weighted by atomic mass is 14.9. The zero-order valence-electron chi connectivity index (χ0n) is 78.7. The molecule has 0 N–H and O–H groups in total. The lowest BCUT2D eigenvalue weighted by Gasteiger charge is -2.17. The van der Waals surface area contributed by atoms with Gasteiger partial charge in [-0.2, -0.15) is 0 Å². The fraction of sp³-hybridized carbons (Fsp3) is 0.375. The molecule has 0 saturated carbocycles. The van der Waals surface area contributed by atoms with Crippen LogP contribution < -0.4 is 22.8 Å². The van der Waals surface area contributed by atoms with Gasteiger partial charge in [0.15, 0.2) is 31.0 Å². The zero-order valence-corrected chi connectivity index (χ0v) is 57.7. The predicted octanol–water partition coefficient (Wildman–Crippen LogP) is 19.2. The van der Waals surface area contributed by atoms with Crippen molar-refractivity contribution in [3.8, 4) is 56.3 Å². The molecule has 2 atom stereocenters. The maximum absolute atomic E-state index is 8.57. The average Bonchev–Trinajstić information content (AvgIpc) is 0.741. The van der Waals surface area contributed by atoms with Crippen LogP contribution in [-0.2, 0) is 80.0 Å². The minimum Gasteiger partial charge on any atom is -0.201 e. The molecule has 5 heteroatoms. The van der Waals surface area contributed by atoms with Crippen LogP contribution in [0.15, 0.2) is 183 Å². The Morgan fingerprint density at radius 3 is 1.26 bits per heavy atom. The monoisotopic (exact) mass is 1260 g/mol. The lowest BCUT2D eigenvalue weighted by molar-refractivity contribution is -0.661. The smallest absolute Gasteiger partial charge is 0.201 e. The Morgan fingerprint density at radius 2 is 0.774 bits per heavy atom. The second-order valence-electron chi connectivity index (χ2n) is 25.1. The van der Waals surface area contributed by atoms with E-state index in [9.17, 15) is 0 Å². The van der Waals surface area contributed by atoms with E-state index in [2.05, 4.69) is 110 Å². The maximum Gasteiger partial charge on any atom is 0.216 e. The second-order valence-corrected chi connectivity index (χ2v) is 25.1. The van der Waals surface area contributed by atoms with Gasteiger partial charge in [0.25, 0.3) is 0 Å². The van der Waals surface area contributed by atoms with E-state index in [1.807, 2.05) is 93.0 Å². The number of nitrogens with zero attached hydrogens (tertiary/aromatic N) is 5. The molecule has 5 aromatic carbocycles. The Bertz CT molecular complexity index is 5090. The van der Waals surface area contributed by atoms with Crippen molar-refractivity contribution < 1.29 is 51.6 Å². The standard InChI is InChI=1S/C19H26N.C18H24N.2C17H20N.C17H22N/c1-13(2)17-11-19(16-10-8-7-9-15(16)5)20(6)12-18(17)14(3)4;1-6-15-11-18(16-10-8-7-9-14(16)4)19(5)12-17(15)13(2)3;1-13-7-3-6-10-16(13)17-11-14-8-4-5-9-15(14)12-18(17)2;1-13-7-3-5-9-15(13)17-16-10-6-4-8-14(16)11-12-18(17)2;1-5-14-11-17(18(4)12-15(14)6-2)16-10-8-7-9-13(16)3/h7-14H,1-6H3;7-13H,6H2,1-5H3;3,6-7,10-12H,4-5,8-9H2,1-2H3;3,5,7,9,11-12H,4,6,8,10H2,1-2H3;7-12H,5-6H2,1-4H3/q5*+1/i1D3,13D,14D;2D3,6D2,13D;;;1D3,2D3,5D2,6D2. The number of pyridine rings is 5. The summed E-state index contributed by atoms with van der Waals surface area (Å²) >= 11 is 0. The molecular weight excluding hydrogens is 1130 g/mol. The van der Waals surface area contributed by atoms with Crippen LogP contribution in [0.5, 0.6) is 0 Å². The Labute approximate surface area is 592 Å². The molecule has 2 aliphatic rings. The highest BCUT2D eigenvalue weighted by Crippen LogP contribution is 2.33. The second kappa shape index (κ2) is 33.1. The van der Waals surface area contributed by atoms with E-state index in [0.717, 1.165) is 39.2 Å². The van der Waals surface area contributed by atoms with Crippen molar-refractivity contribution in [2.24, 2.45) is 35.2 Å². The van der Waals surface area contributed by atoms with Gasteiger partial charge in [-0.1, -0.05) is 153 Å². The summed E-state index contributed by atoms with van der Waals surface area (Å²) in [5, 5.41) is 0. The minimum absolute atomic E-state index is 0.180. The summed E-state index contributed by atoms with van der Waals surface area (Å²) in [4.78, 5) is 0. The lowest BCUT2D eigenvalue weighted by Crippen LogP contribution is -2.33. The highest BCUT2D eigenvalue weighted by molar-refractivity contribution is 5.67. The first kappa shape index (κ1) is 46.8. The van der Waals surface area contributed by atoms with Gasteiger partial charge in [-0.15, -0.1) is 0 Å². The Balaban J connectivity index is 0.000000180. The molecule has 10 aromatic rings. The number of aryl methyl sites for hydroxylation is 16. The van der Waals surface area contributed by atoms with E-state index in [1.165, 1.54) is 123 Å². The molecule has 0 amide bonds. The van der Waals surface area contributed by atoms with Gasteiger partial charge in [-0.05, 0) is 209 Å². The molecule has 2 aliphatic carbocycles. The van der Waals surface area contributed by atoms with Crippen molar-refractivity contribution in [3.63, 3.8) is 0 Å². The molecule has 484 valence electrons. The molecule has 93 heavy (non-hydrogen) atoms. The molecular formula is C88H112N5+5. The van der Waals surface area contributed by atoms with Crippen molar-refractivity contribution in [2.45, 2.75) is 185 Å². The third-order valence-corrected chi connectivity index (χ3v) is 18.0. The largest absolute Gasteiger partial charge is 0.216 e. The van der Waals surface area contributed by atoms with Gasteiger partial charge in [-0.3, -0.25) is 0 Å². The van der Waals surface area contributed by atoms with E-state index in [0.29, 0.717) is 22.4 Å². The molecule has 0 radical (unpaired) electrons. The highest BCUT2D eigenvalue weighted by Gasteiger charge is 2.25. The number of fused-ring (bicyclic) bond motifs is 2. The first-order valence-corrected chi connectivity index (χ1v) is 32.5. The Morgan fingerprint density at radius 1 is 0.376 bits per heavy atom. The summed E-state index contributed by atoms with van der Waals surface area (Å²) in [5.41, 5.74) is 22.5. The Hall–Kier alpha value is -8.15. The van der Waals surface area contributed by atoms with Crippen molar-refractivity contribution in [3.05, 3.63) is 266 Å². The fourth-order valence-corrected chi connectivity index (χ4v) is 12.8. The van der Waals surface area contributed by atoms with Gasteiger partial charge in [0.1, 0.15) is 35.2 Å². The maximum atomic E-state index is 8.57. The third-order valence-electron chi connectivity index (χ3n) is 18.0. The predicted molar refractivity (Wildman–Crippen MR) is 393 cm³/mol. The van der Waals surface area contributed by atoms with Crippen LogP contribution in [0.2, 0.25) is 0 Å². The number of hydrogen-bond acceptors (Lipinski definition) is 0. The van der Waals surface area contributed by atoms with Crippen molar-refractivity contribution in [1.29, 1.82) is 0 Å². The van der Waals surface area contributed by atoms with Crippen LogP contribution in [0.4, 0.5) is 0 Å². The van der Waals surface area contributed by atoms with Gasteiger partial charge in [0.05, 0.1) is 0 Å². The van der Waals surface area contributed by atoms with Gasteiger partial charge in [-0.25, -0.2) is 22.8 Å². The van der Waals surface area contributed by atoms with Gasteiger partial charge < -0.3 is 0 Å². The van der Waals surface area contributed by atoms with Crippen LogP contribution in [0.25, 0.3) is 56.3 Å². The third kappa shape index (κ3) is 17.4. The van der Waals surface area contributed by atoms with E-state index < -0.39 is 75.3 Å². The van der Waals surface area contributed by atoms with Crippen LogP contribution in [0.1, 0.15) is 218 Å². The van der Waals surface area contributed by atoms with Crippen molar-refractivity contribution in [1.82, 2.24) is 0 Å². The molecule has 0 bridgehead atoms. The number of rotatable bonds is 11. The molecule has 0 spiro atoms. The van der Waals surface area contributed by atoms with E-state index >= 15 is 0 Å². The minimum atomic E-state index is -3.12. The van der Waals surface area contributed by atoms with Gasteiger partial charge in [0.2, 0.25) is 28.5 Å². The molecule has 5 aromatic heterocycles. The zero-order chi connectivity index (χ0) is 85.2. The molecule has 5 heterocycles. The average molecular weight is 1260 g/mol. The fourth-order valence-electron chi connectivity index (χ4n) is 12.8.